The van der Waals surface area contributed by atoms with E-state index in [4.69, 9.17) is 0 Å². The third-order valence-electron chi connectivity index (χ3n) is 5.16. The van der Waals surface area contributed by atoms with Crippen LogP contribution in [0.3, 0.4) is 0 Å². The van der Waals surface area contributed by atoms with E-state index in [0.29, 0.717) is 27.7 Å². The Morgan fingerprint density at radius 2 is 1.78 bits per heavy atom. The van der Waals surface area contributed by atoms with E-state index < -0.39 is 10.5 Å². The number of hydrogen-bond donors (Lipinski definition) is 1. The van der Waals surface area contributed by atoms with E-state index in [0.717, 1.165) is 4.47 Å². The van der Waals surface area contributed by atoms with Gasteiger partial charge in [-0.2, -0.15) is 0 Å². The summed E-state index contributed by atoms with van der Waals surface area (Å²) in [5.41, 5.74) is 1.35. The zero-order chi connectivity index (χ0) is 22.4. The number of anilines is 1. The lowest BCUT2D eigenvalue weighted by molar-refractivity contribution is -0.384. The topological polar surface area (TPSA) is 107 Å². The molecule has 0 bridgehead atoms. The Bertz CT molecular complexity index is 1540. The van der Waals surface area contributed by atoms with E-state index in [1.54, 1.807) is 48.5 Å². The molecule has 1 aliphatic rings. The summed E-state index contributed by atoms with van der Waals surface area (Å²) >= 11 is 3.41. The zero-order valence-corrected chi connectivity index (χ0v) is 17.9. The molecule has 0 aliphatic carbocycles. The minimum absolute atomic E-state index is 0.0699. The Hall–Kier alpha value is -4.11. The minimum Gasteiger partial charge on any atom is -0.321 e. The number of hydrogen-bond acceptors (Lipinski definition) is 5. The largest absolute Gasteiger partial charge is 0.321 e. The maximum atomic E-state index is 13.4. The minimum atomic E-state index is -0.553. The molecule has 1 N–H and O–H groups in total. The van der Waals surface area contributed by atoms with Crippen molar-refractivity contribution in [2.75, 3.05) is 5.32 Å². The quantitative estimate of drug-likeness (QED) is 0.258. The maximum Gasteiger partial charge on any atom is 0.293 e. The van der Waals surface area contributed by atoms with E-state index in [9.17, 15) is 19.7 Å². The fraction of sp³-hybridized carbons (Fsp3) is 0. The van der Waals surface area contributed by atoms with Gasteiger partial charge in [-0.15, -0.1) is 0 Å². The Morgan fingerprint density at radius 1 is 1.03 bits per heavy atom. The SMILES string of the molecule is O=C1Nc2ccc(Br)cc2/C1=C/c1nc2ccccc2c(=O)n1-c1ccccc1[N+](=O)[O-]. The van der Waals surface area contributed by atoms with E-state index in [-0.39, 0.29) is 23.1 Å². The molecule has 1 aromatic heterocycles. The van der Waals surface area contributed by atoms with Gasteiger partial charge in [-0.05, 0) is 42.5 Å². The summed E-state index contributed by atoms with van der Waals surface area (Å²) in [6.45, 7) is 0. The smallest absolute Gasteiger partial charge is 0.293 e. The summed E-state index contributed by atoms with van der Waals surface area (Å²) in [7, 11) is 0. The number of nitro groups is 1. The van der Waals surface area contributed by atoms with Crippen molar-refractivity contribution in [3.05, 3.63) is 103 Å². The number of carbonyl (C=O) groups excluding carboxylic acids is 1. The highest BCUT2D eigenvalue weighted by Crippen LogP contribution is 2.35. The lowest BCUT2D eigenvalue weighted by Crippen LogP contribution is -2.23. The molecular weight excluding hydrogens is 476 g/mol. The number of benzene rings is 3. The molecule has 0 fully saturated rings. The van der Waals surface area contributed by atoms with Crippen LogP contribution < -0.4 is 10.9 Å². The predicted molar refractivity (Wildman–Crippen MR) is 125 cm³/mol. The van der Waals surface area contributed by atoms with Crippen LogP contribution in [0.5, 0.6) is 0 Å². The van der Waals surface area contributed by atoms with Gasteiger partial charge in [0, 0.05) is 21.8 Å². The number of nitrogens with zero attached hydrogens (tertiary/aromatic N) is 3. The molecule has 9 heteroatoms. The van der Waals surface area contributed by atoms with Crippen LogP contribution in [0.15, 0.2) is 76.0 Å². The molecule has 3 aromatic carbocycles. The van der Waals surface area contributed by atoms with Crippen molar-refractivity contribution in [3.63, 3.8) is 0 Å². The summed E-state index contributed by atoms with van der Waals surface area (Å²) in [6, 6.07) is 18.0. The molecule has 0 spiro atoms. The number of aromatic nitrogens is 2. The molecule has 0 saturated heterocycles. The van der Waals surface area contributed by atoms with Crippen LogP contribution in [0, 0.1) is 10.1 Å². The highest BCUT2D eigenvalue weighted by molar-refractivity contribution is 9.10. The molecule has 0 atom stereocenters. The van der Waals surface area contributed by atoms with Gasteiger partial charge in [0.2, 0.25) is 0 Å². The molecule has 4 aromatic rings. The Labute approximate surface area is 189 Å². The van der Waals surface area contributed by atoms with Gasteiger partial charge < -0.3 is 5.32 Å². The van der Waals surface area contributed by atoms with Crippen LogP contribution in [0.1, 0.15) is 11.4 Å². The highest BCUT2D eigenvalue weighted by atomic mass is 79.9. The van der Waals surface area contributed by atoms with Crippen molar-refractivity contribution in [1.29, 1.82) is 0 Å². The number of para-hydroxylation sites is 3. The normalized spacial score (nSPS) is 13.9. The van der Waals surface area contributed by atoms with E-state index >= 15 is 0 Å². The second-order valence-electron chi connectivity index (χ2n) is 7.08. The van der Waals surface area contributed by atoms with Gasteiger partial charge in [0.25, 0.3) is 17.2 Å². The zero-order valence-electron chi connectivity index (χ0n) is 16.3. The van der Waals surface area contributed by atoms with Crippen LogP contribution in [-0.4, -0.2) is 20.4 Å². The van der Waals surface area contributed by atoms with Gasteiger partial charge in [0.15, 0.2) is 0 Å². The summed E-state index contributed by atoms with van der Waals surface area (Å²) in [5.74, 6) is -0.240. The monoisotopic (exact) mass is 488 g/mol. The Balaban J connectivity index is 1.86. The van der Waals surface area contributed by atoms with Crippen LogP contribution in [0.2, 0.25) is 0 Å². The van der Waals surface area contributed by atoms with Gasteiger partial charge in [0.1, 0.15) is 11.5 Å². The van der Waals surface area contributed by atoms with E-state index in [1.807, 2.05) is 0 Å². The van der Waals surface area contributed by atoms with Gasteiger partial charge in [-0.3, -0.25) is 24.3 Å². The molecule has 1 amide bonds. The van der Waals surface area contributed by atoms with Crippen LogP contribution in [0.4, 0.5) is 11.4 Å². The summed E-state index contributed by atoms with van der Waals surface area (Å²) in [6.07, 6.45) is 1.48. The first kappa shape index (κ1) is 19.8. The van der Waals surface area contributed by atoms with Crippen molar-refractivity contribution in [1.82, 2.24) is 9.55 Å². The first-order valence-electron chi connectivity index (χ1n) is 9.52. The molecule has 2 heterocycles. The first-order chi connectivity index (χ1) is 15.4. The third kappa shape index (κ3) is 3.19. The molecular formula is C23H13BrN4O4. The lowest BCUT2D eigenvalue weighted by Gasteiger charge is -2.12. The van der Waals surface area contributed by atoms with Gasteiger partial charge in [-0.25, -0.2) is 4.98 Å². The molecule has 1 aliphatic heterocycles. The number of fused-ring (bicyclic) bond motifs is 2. The number of carbonyl (C=O) groups is 1. The van der Waals surface area contributed by atoms with Crippen LogP contribution in [-0.2, 0) is 4.79 Å². The number of halogens is 1. The average Bonchev–Trinajstić information content (AvgIpc) is 3.08. The molecule has 0 unspecified atom stereocenters. The molecule has 0 saturated carbocycles. The molecule has 0 radical (unpaired) electrons. The standard InChI is InChI=1S/C23H13BrN4O4/c24-13-9-10-18-15(11-13)16(22(29)26-18)12-21-25-17-6-2-1-5-14(17)23(30)27(21)19-7-3-4-8-20(19)28(31)32/h1-12H,(H,26,29)/b16-12-. The van der Waals surface area contributed by atoms with E-state index in [2.05, 4.69) is 26.2 Å². The van der Waals surface area contributed by atoms with Crippen molar-refractivity contribution in [3.8, 4) is 5.69 Å². The van der Waals surface area contributed by atoms with Crippen LogP contribution in [0.25, 0.3) is 28.2 Å². The summed E-state index contributed by atoms with van der Waals surface area (Å²) < 4.78 is 1.96. The molecule has 32 heavy (non-hydrogen) atoms. The van der Waals surface area contributed by atoms with Gasteiger partial charge >= 0.3 is 0 Å². The van der Waals surface area contributed by atoms with Crippen molar-refractivity contribution in [2.24, 2.45) is 0 Å². The van der Waals surface area contributed by atoms with Crippen molar-refractivity contribution >= 4 is 55.8 Å². The number of nitro benzene ring substituents is 1. The predicted octanol–water partition coefficient (Wildman–Crippen LogP) is 4.55. The summed E-state index contributed by atoms with van der Waals surface area (Å²) in [5, 5.41) is 14.8. The molecule has 156 valence electrons. The van der Waals surface area contributed by atoms with Crippen molar-refractivity contribution < 1.29 is 9.72 Å². The molecule has 5 rings (SSSR count). The van der Waals surface area contributed by atoms with Gasteiger partial charge in [0.05, 0.1) is 21.4 Å². The fourth-order valence-electron chi connectivity index (χ4n) is 3.72. The number of rotatable bonds is 3. The average molecular weight is 489 g/mol. The Morgan fingerprint density at radius 3 is 2.59 bits per heavy atom. The second kappa shape index (κ2) is 7.54. The maximum absolute atomic E-state index is 13.4. The van der Waals surface area contributed by atoms with E-state index in [1.165, 1.54) is 28.8 Å². The molecule has 8 nitrogen and oxygen atoms in total. The van der Waals surface area contributed by atoms with Crippen molar-refractivity contribution in [2.45, 2.75) is 0 Å². The second-order valence-corrected chi connectivity index (χ2v) is 7.99. The number of nitrogens with one attached hydrogen (secondary N) is 1. The fourth-order valence-corrected chi connectivity index (χ4v) is 4.08. The third-order valence-corrected chi connectivity index (χ3v) is 5.65. The lowest BCUT2D eigenvalue weighted by atomic mass is 10.1. The number of amides is 1. The van der Waals surface area contributed by atoms with Crippen LogP contribution >= 0.6 is 15.9 Å². The highest BCUT2D eigenvalue weighted by Gasteiger charge is 2.26. The van der Waals surface area contributed by atoms with Gasteiger partial charge in [-0.1, -0.05) is 40.2 Å². The first-order valence-corrected chi connectivity index (χ1v) is 10.3. The summed E-state index contributed by atoms with van der Waals surface area (Å²) in [4.78, 5) is 41.8. The Kier molecular flexibility index (Phi) is 4.67.